The molecule has 0 saturated heterocycles. The SMILES string of the molecule is CCC(C)=C(NC(=O)OC(C)(C)C)Oc1ccccc1C. The third kappa shape index (κ3) is 5.90. The summed E-state index contributed by atoms with van der Waals surface area (Å²) in [5.41, 5.74) is 1.41. The van der Waals surface area contributed by atoms with Gasteiger partial charge in [-0.15, -0.1) is 0 Å². The van der Waals surface area contributed by atoms with Gasteiger partial charge >= 0.3 is 6.09 Å². The molecular weight excluding hydrogens is 266 g/mol. The number of para-hydroxylation sites is 1. The molecule has 0 heterocycles. The number of hydrogen-bond acceptors (Lipinski definition) is 3. The summed E-state index contributed by atoms with van der Waals surface area (Å²) in [5, 5.41) is 2.70. The van der Waals surface area contributed by atoms with Crippen LogP contribution in [0.25, 0.3) is 0 Å². The zero-order chi connectivity index (χ0) is 16.0. The molecule has 21 heavy (non-hydrogen) atoms. The van der Waals surface area contributed by atoms with Crippen LogP contribution in [-0.4, -0.2) is 11.7 Å². The monoisotopic (exact) mass is 291 g/mol. The van der Waals surface area contributed by atoms with Crippen LogP contribution < -0.4 is 10.1 Å². The lowest BCUT2D eigenvalue weighted by Gasteiger charge is -2.21. The van der Waals surface area contributed by atoms with Crippen LogP contribution in [0.1, 0.15) is 46.6 Å². The predicted octanol–water partition coefficient (Wildman–Crippen LogP) is 4.54. The lowest BCUT2D eigenvalue weighted by atomic mass is 10.2. The van der Waals surface area contributed by atoms with Crippen LogP contribution in [-0.2, 0) is 4.74 Å². The lowest BCUT2D eigenvalue weighted by molar-refractivity contribution is 0.0523. The third-order valence-corrected chi connectivity index (χ3v) is 2.84. The number of allylic oxidation sites excluding steroid dienone is 1. The first kappa shape index (κ1) is 17.1. The highest BCUT2D eigenvalue weighted by Crippen LogP contribution is 2.20. The third-order valence-electron chi connectivity index (χ3n) is 2.84. The molecule has 1 amide bonds. The Labute approximate surface area is 127 Å². The van der Waals surface area contributed by atoms with Crippen LogP contribution in [0.4, 0.5) is 4.79 Å². The first-order valence-corrected chi connectivity index (χ1v) is 7.16. The van der Waals surface area contributed by atoms with Gasteiger partial charge in [-0.3, -0.25) is 5.32 Å². The Morgan fingerprint density at radius 3 is 2.38 bits per heavy atom. The van der Waals surface area contributed by atoms with Crippen molar-refractivity contribution in [2.24, 2.45) is 0 Å². The molecule has 1 rings (SSSR count). The minimum atomic E-state index is -0.544. The van der Waals surface area contributed by atoms with Crippen molar-refractivity contribution in [1.29, 1.82) is 0 Å². The van der Waals surface area contributed by atoms with Crippen LogP contribution in [0, 0.1) is 6.92 Å². The number of carbonyl (C=O) groups is 1. The largest absolute Gasteiger partial charge is 0.444 e. The minimum absolute atomic E-state index is 0.432. The summed E-state index contributed by atoms with van der Waals surface area (Å²) in [5.74, 6) is 1.15. The maximum Gasteiger partial charge on any atom is 0.414 e. The molecule has 0 aliphatic heterocycles. The summed E-state index contributed by atoms with van der Waals surface area (Å²) in [6.45, 7) is 11.4. The van der Waals surface area contributed by atoms with E-state index in [-0.39, 0.29) is 0 Å². The van der Waals surface area contributed by atoms with Crippen molar-refractivity contribution < 1.29 is 14.3 Å². The average molecular weight is 291 g/mol. The molecule has 0 saturated carbocycles. The van der Waals surface area contributed by atoms with Gasteiger partial charge in [0.25, 0.3) is 0 Å². The van der Waals surface area contributed by atoms with Crippen LogP contribution in [0.2, 0.25) is 0 Å². The summed E-state index contributed by atoms with van der Waals surface area (Å²) < 4.78 is 11.1. The summed E-state index contributed by atoms with van der Waals surface area (Å²) in [6.07, 6.45) is 0.260. The lowest BCUT2D eigenvalue weighted by Crippen LogP contribution is -2.34. The maximum absolute atomic E-state index is 11.9. The van der Waals surface area contributed by atoms with Gasteiger partial charge in [0.05, 0.1) is 0 Å². The van der Waals surface area contributed by atoms with Gasteiger partial charge in [0, 0.05) is 0 Å². The molecule has 1 aromatic carbocycles. The van der Waals surface area contributed by atoms with Crippen molar-refractivity contribution in [3.8, 4) is 5.75 Å². The van der Waals surface area contributed by atoms with E-state index < -0.39 is 11.7 Å². The first-order valence-electron chi connectivity index (χ1n) is 7.16. The minimum Gasteiger partial charge on any atom is -0.444 e. The van der Waals surface area contributed by atoms with E-state index in [1.54, 1.807) is 0 Å². The van der Waals surface area contributed by atoms with Crippen molar-refractivity contribution in [1.82, 2.24) is 5.32 Å². The van der Waals surface area contributed by atoms with Gasteiger partial charge in [-0.25, -0.2) is 4.79 Å². The van der Waals surface area contributed by atoms with Gasteiger partial charge in [0.2, 0.25) is 5.88 Å². The number of benzene rings is 1. The number of hydrogen-bond donors (Lipinski definition) is 1. The fraction of sp³-hybridized carbons (Fsp3) is 0.471. The molecule has 1 N–H and O–H groups in total. The molecule has 0 atom stereocenters. The number of nitrogens with one attached hydrogen (secondary N) is 1. The second-order valence-electron chi connectivity index (χ2n) is 5.96. The van der Waals surface area contributed by atoms with Gasteiger partial charge in [0.1, 0.15) is 11.4 Å². The fourth-order valence-electron chi connectivity index (χ4n) is 1.56. The molecule has 0 bridgehead atoms. The standard InChI is InChI=1S/C17H25NO3/c1-7-12(2)15(18-16(19)21-17(4,5)6)20-14-11-9-8-10-13(14)3/h8-11H,7H2,1-6H3,(H,18,19). The smallest absolute Gasteiger partial charge is 0.414 e. The Bertz CT molecular complexity index is 527. The molecule has 0 spiro atoms. The number of amides is 1. The molecule has 0 aliphatic rings. The molecule has 0 aromatic heterocycles. The van der Waals surface area contributed by atoms with Crippen LogP contribution in [0.5, 0.6) is 5.75 Å². The quantitative estimate of drug-likeness (QED) is 0.828. The van der Waals surface area contributed by atoms with Crippen LogP contribution >= 0.6 is 0 Å². The molecule has 0 unspecified atom stereocenters. The highest BCUT2D eigenvalue weighted by molar-refractivity contribution is 5.69. The number of ether oxygens (including phenoxy) is 2. The molecular formula is C17H25NO3. The van der Waals surface area contributed by atoms with E-state index >= 15 is 0 Å². The predicted molar refractivity (Wildman–Crippen MR) is 84.2 cm³/mol. The first-order chi connectivity index (χ1) is 9.73. The van der Waals surface area contributed by atoms with Crippen LogP contribution in [0.3, 0.4) is 0 Å². The molecule has 0 fully saturated rings. The van der Waals surface area contributed by atoms with Gasteiger partial charge in [-0.05, 0) is 58.2 Å². The van der Waals surface area contributed by atoms with E-state index in [0.717, 1.165) is 23.3 Å². The van der Waals surface area contributed by atoms with Gasteiger partial charge in [-0.2, -0.15) is 0 Å². The molecule has 116 valence electrons. The van der Waals surface area contributed by atoms with Gasteiger partial charge in [0.15, 0.2) is 0 Å². The van der Waals surface area contributed by atoms with E-state index in [4.69, 9.17) is 9.47 Å². The average Bonchev–Trinajstić information content (AvgIpc) is 2.37. The van der Waals surface area contributed by atoms with E-state index in [1.165, 1.54) is 0 Å². The molecule has 4 nitrogen and oxygen atoms in total. The van der Waals surface area contributed by atoms with Crippen molar-refractivity contribution in [2.45, 2.75) is 53.6 Å². The van der Waals surface area contributed by atoms with Crippen molar-refractivity contribution in [3.63, 3.8) is 0 Å². The Morgan fingerprint density at radius 2 is 1.86 bits per heavy atom. The summed E-state index contributed by atoms with van der Waals surface area (Å²) in [7, 11) is 0. The van der Waals surface area contributed by atoms with Crippen molar-refractivity contribution in [3.05, 3.63) is 41.3 Å². The fourth-order valence-corrected chi connectivity index (χ4v) is 1.56. The normalized spacial score (nSPS) is 12.5. The van der Waals surface area contributed by atoms with E-state index in [1.807, 2.05) is 65.8 Å². The van der Waals surface area contributed by atoms with Gasteiger partial charge in [-0.1, -0.05) is 25.1 Å². The zero-order valence-corrected chi connectivity index (χ0v) is 13.7. The van der Waals surface area contributed by atoms with Crippen molar-refractivity contribution in [2.75, 3.05) is 0 Å². The highest BCUT2D eigenvalue weighted by Gasteiger charge is 2.18. The summed E-state index contributed by atoms with van der Waals surface area (Å²) in [6, 6.07) is 7.67. The Kier molecular flexibility index (Phi) is 5.82. The molecule has 4 heteroatoms. The second-order valence-corrected chi connectivity index (χ2v) is 5.96. The van der Waals surface area contributed by atoms with E-state index in [9.17, 15) is 4.79 Å². The maximum atomic E-state index is 11.9. The Balaban J connectivity index is 2.89. The summed E-state index contributed by atoms with van der Waals surface area (Å²) >= 11 is 0. The van der Waals surface area contributed by atoms with E-state index in [0.29, 0.717) is 5.88 Å². The van der Waals surface area contributed by atoms with Gasteiger partial charge < -0.3 is 9.47 Å². The Hall–Kier alpha value is -1.97. The summed E-state index contributed by atoms with van der Waals surface area (Å²) in [4.78, 5) is 11.9. The molecule has 0 radical (unpaired) electrons. The number of aryl methyl sites for hydroxylation is 1. The number of rotatable bonds is 4. The molecule has 0 aliphatic carbocycles. The number of carbonyl (C=O) groups excluding carboxylic acids is 1. The highest BCUT2D eigenvalue weighted by atomic mass is 16.6. The van der Waals surface area contributed by atoms with Crippen LogP contribution in [0.15, 0.2) is 35.7 Å². The van der Waals surface area contributed by atoms with E-state index in [2.05, 4.69) is 5.32 Å². The molecule has 1 aromatic rings. The topological polar surface area (TPSA) is 47.6 Å². The van der Waals surface area contributed by atoms with Crippen molar-refractivity contribution >= 4 is 6.09 Å². The second kappa shape index (κ2) is 7.16. The zero-order valence-electron chi connectivity index (χ0n) is 13.7. The Morgan fingerprint density at radius 1 is 1.24 bits per heavy atom. The number of alkyl carbamates (subject to hydrolysis) is 1.